The lowest BCUT2D eigenvalue weighted by Gasteiger charge is -2.30. The van der Waals surface area contributed by atoms with E-state index in [0.29, 0.717) is 0 Å². The monoisotopic (exact) mass is 238 g/mol. The normalized spacial score (nSPS) is 19.8. The van der Waals surface area contributed by atoms with E-state index >= 15 is 0 Å². The molecule has 16 heavy (non-hydrogen) atoms. The Hall–Kier alpha value is -0.410. The van der Waals surface area contributed by atoms with Crippen LogP contribution in [0.3, 0.4) is 0 Å². The summed E-state index contributed by atoms with van der Waals surface area (Å²) in [5.74, 6) is 0.803. The first-order valence-electron chi connectivity index (χ1n) is 6.33. The van der Waals surface area contributed by atoms with Crippen LogP contribution in [0.25, 0.3) is 0 Å². The van der Waals surface area contributed by atoms with Crippen molar-refractivity contribution in [1.82, 2.24) is 10.3 Å². The van der Waals surface area contributed by atoms with Crippen molar-refractivity contribution < 1.29 is 0 Å². The molecule has 1 aliphatic carbocycles. The van der Waals surface area contributed by atoms with Crippen LogP contribution in [-0.4, -0.2) is 12.0 Å². The minimum absolute atomic E-state index is 0.156. The first-order chi connectivity index (χ1) is 7.67. The van der Waals surface area contributed by atoms with Crippen molar-refractivity contribution in [3.05, 3.63) is 15.6 Å². The molecule has 0 aliphatic heterocycles. The molecule has 0 aromatic carbocycles. The topological polar surface area (TPSA) is 24.9 Å². The van der Waals surface area contributed by atoms with E-state index in [9.17, 15) is 0 Å². The Morgan fingerprint density at radius 2 is 2.12 bits per heavy atom. The van der Waals surface area contributed by atoms with Crippen molar-refractivity contribution in [2.45, 2.75) is 52.0 Å². The molecular weight excluding hydrogens is 216 g/mol. The van der Waals surface area contributed by atoms with Gasteiger partial charge in [0, 0.05) is 4.88 Å². The van der Waals surface area contributed by atoms with Crippen molar-refractivity contribution in [2.75, 3.05) is 7.05 Å². The molecule has 0 amide bonds. The Morgan fingerprint density at radius 3 is 2.50 bits per heavy atom. The number of hydrogen-bond donors (Lipinski definition) is 1. The van der Waals surface area contributed by atoms with E-state index in [1.807, 2.05) is 11.3 Å². The lowest BCUT2D eigenvalue weighted by Crippen LogP contribution is -2.41. The van der Waals surface area contributed by atoms with Crippen LogP contribution in [0, 0.1) is 12.8 Å². The van der Waals surface area contributed by atoms with Gasteiger partial charge in [0.25, 0.3) is 0 Å². The van der Waals surface area contributed by atoms with Gasteiger partial charge in [-0.15, -0.1) is 11.3 Å². The molecule has 1 N–H and O–H groups in total. The molecular formula is C13H22N2S. The highest BCUT2D eigenvalue weighted by molar-refractivity contribution is 7.11. The summed E-state index contributed by atoms with van der Waals surface area (Å²) in [7, 11) is 2.09. The zero-order chi connectivity index (χ0) is 11.8. The van der Waals surface area contributed by atoms with Crippen molar-refractivity contribution in [3.8, 4) is 0 Å². The molecule has 1 aromatic heterocycles. The van der Waals surface area contributed by atoms with E-state index in [1.165, 1.54) is 28.4 Å². The zero-order valence-electron chi connectivity index (χ0n) is 10.8. The highest BCUT2D eigenvalue weighted by Crippen LogP contribution is 2.48. The fraction of sp³-hybridized carbons (Fsp3) is 0.769. The largest absolute Gasteiger partial charge is 0.308 e. The molecule has 3 heteroatoms. The molecule has 1 aliphatic rings. The number of nitrogens with one attached hydrogen (secondary N) is 1. The van der Waals surface area contributed by atoms with Crippen LogP contribution in [0.4, 0.5) is 0 Å². The first kappa shape index (κ1) is 12.1. The molecule has 1 unspecified atom stereocenters. The second-order valence-corrected chi connectivity index (χ2v) is 5.93. The van der Waals surface area contributed by atoms with Gasteiger partial charge < -0.3 is 5.32 Å². The maximum absolute atomic E-state index is 4.86. The minimum Gasteiger partial charge on any atom is -0.308 e. The lowest BCUT2D eigenvalue weighted by molar-refractivity contribution is 0.297. The van der Waals surface area contributed by atoms with Crippen LogP contribution >= 0.6 is 11.3 Å². The van der Waals surface area contributed by atoms with Crippen LogP contribution in [0.5, 0.6) is 0 Å². The maximum atomic E-state index is 4.86. The van der Waals surface area contributed by atoms with Gasteiger partial charge in [0.05, 0.1) is 11.2 Å². The van der Waals surface area contributed by atoms with Crippen molar-refractivity contribution in [1.29, 1.82) is 0 Å². The molecule has 0 saturated heterocycles. The Bertz CT molecular complexity index is 362. The molecule has 0 bridgehead atoms. The molecule has 90 valence electrons. The van der Waals surface area contributed by atoms with Gasteiger partial charge in [-0.1, -0.05) is 13.8 Å². The molecule has 1 heterocycles. The van der Waals surface area contributed by atoms with E-state index in [-0.39, 0.29) is 5.54 Å². The zero-order valence-corrected chi connectivity index (χ0v) is 11.6. The molecule has 1 atom stereocenters. The Labute approximate surface area is 102 Å². The Morgan fingerprint density at radius 1 is 1.44 bits per heavy atom. The predicted octanol–water partition coefficient (Wildman–Crippen LogP) is 3.25. The fourth-order valence-corrected chi connectivity index (χ4v) is 3.97. The average molecular weight is 238 g/mol. The van der Waals surface area contributed by atoms with Crippen molar-refractivity contribution in [3.63, 3.8) is 0 Å². The second kappa shape index (κ2) is 4.46. The summed E-state index contributed by atoms with van der Waals surface area (Å²) >= 11 is 1.89. The highest BCUT2D eigenvalue weighted by Gasteiger charge is 2.46. The van der Waals surface area contributed by atoms with Gasteiger partial charge in [-0.3, -0.25) is 0 Å². The summed E-state index contributed by atoms with van der Waals surface area (Å²) in [6.07, 6.45) is 4.91. The number of nitrogens with zero attached hydrogens (tertiary/aromatic N) is 1. The third-order valence-electron chi connectivity index (χ3n) is 3.89. The molecule has 1 fully saturated rings. The van der Waals surface area contributed by atoms with Gasteiger partial charge in [-0.05, 0) is 45.6 Å². The Balaban J connectivity index is 2.38. The van der Waals surface area contributed by atoms with Crippen LogP contribution in [0.15, 0.2) is 0 Å². The summed E-state index contributed by atoms with van der Waals surface area (Å²) in [4.78, 5) is 6.25. The van der Waals surface area contributed by atoms with Crippen molar-refractivity contribution >= 4 is 11.3 Å². The smallest absolute Gasteiger partial charge is 0.114 e. The van der Waals surface area contributed by atoms with Crippen LogP contribution in [-0.2, 0) is 12.0 Å². The lowest BCUT2D eigenvalue weighted by atomic mass is 9.91. The average Bonchev–Trinajstić information content (AvgIpc) is 3.06. The quantitative estimate of drug-likeness (QED) is 0.852. The van der Waals surface area contributed by atoms with Gasteiger partial charge in [0.15, 0.2) is 0 Å². The highest BCUT2D eigenvalue weighted by atomic mass is 32.1. The van der Waals surface area contributed by atoms with E-state index in [0.717, 1.165) is 18.8 Å². The number of rotatable bonds is 5. The summed E-state index contributed by atoms with van der Waals surface area (Å²) in [5.41, 5.74) is 1.44. The third-order valence-corrected chi connectivity index (χ3v) is 5.08. The number of thiazole rings is 1. The summed E-state index contributed by atoms with van der Waals surface area (Å²) in [6, 6.07) is 0. The molecule has 2 rings (SSSR count). The van der Waals surface area contributed by atoms with Gasteiger partial charge in [0.1, 0.15) is 5.01 Å². The second-order valence-electron chi connectivity index (χ2n) is 4.72. The summed E-state index contributed by atoms with van der Waals surface area (Å²) < 4.78 is 0. The Kier molecular flexibility index (Phi) is 3.36. The number of aromatic nitrogens is 1. The first-order valence-corrected chi connectivity index (χ1v) is 7.15. The fourth-order valence-electron chi connectivity index (χ4n) is 2.63. The third kappa shape index (κ3) is 1.80. The molecule has 0 spiro atoms. The van der Waals surface area contributed by atoms with Gasteiger partial charge in [0.2, 0.25) is 0 Å². The molecule has 2 nitrogen and oxygen atoms in total. The minimum atomic E-state index is 0.156. The van der Waals surface area contributed by atoms with Gasteiger partial charge in [-0.25, -0.2) is 4.98 Å². The van der Waals surface area contributed by atoms with E-state index in [2.05, 4.69) is 33.1 Å². The predicted molar refractivity (Wildman–Crippen MR) is 70.0 cm³/mol. The van der Waals surface area contributed by atoms with Gasteiger partial charge >= 0.3 is 0 Å². The number of hydrogen-bond acceptors (Lipinski definition) is 3. The van der Waals surface area contributed by atoms with Crippen molar-refractivity contribution in [2.24, 2.45) is 5.92 Å². The van der Waals surface area contributed by atoms with E-state index < -0.39 is 0 Å². The summed E-state index contributed by atoms with van der Waals surface area (Å²) in [6.45, 7) is 6.66. The standard InChI is InChI=1S/C13H22N2S/c1-5-11-9(3)16-12(15-11)13(6-2,14-4)10-7-8-10/h10,14H,5-8H2,1-4H3. The summed E-state index contributed by atoms with van der Waals surface area (Å²) in [5, 5.41) is 4.87. The van der Waals surface area contributed by atoms with Crippen LogP contribution in [0.2, 0.25) is 0 Å². The number of aryl methyl sites for hydroxylation is 2. The SMILES string of the molecule is CCc1nc(C(CC)(NC)C2CC2)sc1C. The molecule has 1 aromatic rings. The van der Waals surface area contributed by atoms with Crippen LogP contribution < -0.4 is 5.32 Å². The van der Waals surface area contributed by atoms with Gasteiger partial charge in [-0.2, -0.15) is 0 Å². The molecule has 1 saturated carbocycles. The van der Waals surface area contributed by atoms with Crippen LogP contribution in [0.1, 0.15) is 48.7 Å². The van der Waals surface area contributed by atoms with E-state index in [1.54, 1.807) is 0 Å². The molecule has 0 radical (unpaired) electrons. The maximum Gasteiger partial charge on any atom is 0.114 e. The van der Waals surface area contributed by atoms with E-state index in [4.69, 9.17) is 4.98 Å².